The quantitative estimate of drug-likeness (QED) is 0.771. The fourth-order valence-corrected chi connectivity index (χ4v) is 1.25. The van der Waals surface area contributed by atoms with Crippen LogP contribution in [0.4, 0.5) is 10.1 Å². The van der Waals surface area contributed by atoms with Crippen molar-refractivity contribution in [1.29, 1.82) is 0 Å². The Morgan fingerprint density at radius 2 is 2.35 bits per heavy atom. The number of amides is 1. The molecule has 2 aromatic rings. The number of halogens is 1. The van der Waals surface area contributed by atoms with Crippen molar-refractivity contribution >= 4 is 11.6 Å². The van der Waals surface area contributed by atoms with E-state index in [2.05, 4.69) is 15.6 Å². The molecule has 1 aromatic carbocycles. The summed E-state index contributed by atoms with van der Waals surface area (Å²) in [4.78, 5) is 11.5. The van der Waals surface area contributed by atoms with Crippen LogP contribution in [0.3, 0.4) is 0 Å². The van der Waals surface area contributed by atoms with Crippen LogP contribution in [0.1, 0.15) is 0 Å². The van der Waals surface area contributed by atoms with Gasteiger partial charge in [0.25, 0.3) is 0 Å². The standard InChI is InChI=1S/C10H9FN4O2/c11-8-5-7(1-2-9(8)16)13-10(17)6-15-4-3-12-14-15/h1-5,16H,6H2,(H,13,17). The number of hydrogen-bond donors (Lipinski definition) is 2. The predicted molar refractivity (Wildman–Crippen MR) is 56.7 cm³/mol. The summed E-state index contributed by atoms with van der Waals surface area (Å²) in [6.07, 6.45) is 2.99. The molecule has 6 nitrogen and oxygen atoms in total. The van der Waals surface area contributed by atoms with Crippen molar-refractivity contribution in [3.05, 3.63) is 36.4 Å². The van der Waals surface area contributed by atoms with E-state index in [9.17, 15) is 9.18 Å². The molecule has 1 heterocycles. The van der Waals surface area contributed by atoms with Gasteiger partial charge in [-0.15, -0.1) is 5.10 Å². The average molecular weight is 236 g/mol. The Kier molecular flexibility index (Phi) is 2.99. The van der Waals surface area contributed by atoms with Crippen molar-refractivity contribution in [3.8, 4) is 5.75 Å². The lowest BCUT2D eigenvalue weighted by Crippen LogP contribution is -2.19. The summed E-state index contributed by atoms with van der Waals surface area (Å²) in [5.41, 5.74) is 0.269. The Morgan fingerprint density at radius 1 is 1.53 bits per heavy atom. The lowest BCUT2D eigenvalue weighted by Gasteiger charge is -2.05. The lowest BCUT2D eigenvalue weighted by atomic mass is 10.3. The molecular weight excluding hydrogens is 227 g/mol. The van der Waals surface area contributed by atoms with Crippen molar-refractivity contribution in [2.75, 3.05) is 5.32 Å². The molecule has 2 rings (SSSR count). The van der Waals surface area contributed by atoms with E-state index in [1.54, 1.807) is 0 Å². The first-order valence-electron chi connectivity index (χ1n) is 4.77. The number of carbonyl (C=O) groups excluding carboxylic acids is 1. The first-order chi connectivity index (χ1) is 8.15. The highest BCUT2D eigenvalue weighted by Gasteiger charge is 2.06. The minimum atomic E-state index is -0.788. The maximum absolute atomic E-state index is 13.0. The van der Waals surface area contributed by atoms with Crippen molar-refractivity contribution in [2.24, 2.45) is 0 Å². The molecule has 0 unspecified atom stereocenters. The molecule has 1 amide bonds. The van der Waals surface area contributed by atoms with Crippen LogP contribution in [0.15, 0.2) is 30.6 Å². The lowest BCUT2D eigenvalue weighted by molar-refractivity contribution is -0.116. The van der Waals surface area contributed by atoms with E-state index < -0.39 is 11.6 Å². The summed E-state index contributed by atoms with van der Waals surface area (Å²) in [6, 6.07) is 3.60. The molecule has 0 spiro atoms. The molecule has 0 radical (unpaired) electrons. The third-order valence-electron chi connectivity index (χ3n) is 2.01. The van der Waals surface area contributed by atoms with Gasteiger partial charge in [-0.05, 0) is 12.1 Å². The Bertz CT molecular complexity index is 527. The summed E-state index contributed by atoms with van der Waals surface area (Å²) in [5.74, 6) is -1.61. The van der Waals surface area contributed by atoms with Crippen LogP contribution in [0, 0.1) is 5.82 Å². The summed E-state index contributed by atoms with van der Waals surface area (Å²) >= 11 is 0. The molecule has 0 aliphatic rings. The van der Waals surface area contributed by atoms with Crippen LogP contribution in [-0.4, -0.2) is 26.0 Å². The van der Waals surface area contributed by atoms with Gasteiger partial charge in [-0.1, -0.05) is 5.21 Å². The number of aromatic nitrogens is 3. The molecule has 0 bridgehead atoms. The average Bonchev–Trinajstić information content (AvgIpc) is 2.76. The molecule has 0 aliphatic carbocycles. The highest BCUT2D eigenvalue weighted by Crippen LogP contribution is 2.19. The molecule has 2 N–H and O–H groups in total. The van der Waals surface area contributed by atoms with Crippen LogP contribution in [-0.2, 0) is 11.3 Å². The van der Waals surface area contributed by atoms with Gasteiger partial charge in [-0.3, -0.25) is 4.79 Å². The van der Waals surface area contributed by atoms with E-state index in [1.165, 1.54) is 29.2 Å². The Labute approximate surface area is 95.7 Å². The van der Waals surface area contributed by atoms with E-state index in [-0.39, 0.29) is 18.1 Å². The fourth-order valence-electron chi connectivity index (χ4n) is 1.25. The molecule has 17 heavy (non-hydrogen) atoms. The number of benzene rings is 1. The van der Waals surface area contributed by atoms with Crippen LogP contribution in [0.5, 0.6) is 5.75 Å². The van der Waals surface area contributed by atoms with Gasteiger partial charge in [-0.2, -0.15) is 0 Å². The van der Waals surface area contributed by atoms with Crippen molar-refractivity contribution < 1.29 is 14.3 Å². The second kappa shape index (κ2) is 4.60. The third kappa shape index (κ3) is 2.77. The number of rotatable bonds is 3. The van der Waals surface area contributed by atoms with Crippen molar-refractivity contribution in [2.45, 2.75) is 6.54 Å². The smallest absolute Gasteiger partial charge is 0.246 e. The van der Waals surface area contributed by atoms with Gasteiger partial charge in [0.15, 0.2) is 11.6 Å². The van der Waals surface area contributed by atoms with Gasteiger partial charge < -0.3 is 10.4 Å². The molecule has 0 saturated carbocycles. The minimum Gasteiger partial charge on any atom is -0.505 e. The first kappa shape index (κ1) is 11.1. The molecular formula is C10H9FN4O2. The van der Waals surface area contributed by atoms with Gasteiger partial charge in [0.05, 0.1) is 6.20 Å². The Hall–Kier alpha value is -2.44. The minimum absolute atomic E-state index is 0.0114. The van der Waals surface area contributed by atoms with Gasteiger partial charge in [-0.25, -0.2) is 9.07 Å². The summed E-state index contributed by atoms with van der Waals surface area (Å²) < 4.78 is 14.3. The SMILES string of the molecule is O=C(Cn1ccnn1)Nc1ccc(O)c(F)c1. The molecule has 0 saturated heterocycles. The second-order valence-electron chi connectivity index (χ2n) is 3.32. The summed E-state index contributed by atoms with van der Waals surface area (Å²) in [5, 5.41) is 18.6. The molecule has 0 atom stereocenters. The Morgan fingerprint density at radius 3 is 3.00 bits per heavy atom. The normalized spacial score (nSPS) is 10.2. The molecule has 0 fully saturated rings. The monoisotopic (exact) mass is 236 g/mol. The second-order valence-corrected chi connectivity index (χ2v) is 3.32. The topological polar surface area (TPSA) is 80.0 Å². The number of nitrogens with zero attached hydrogens (tertiary/aromatic N) is 3. The number of aromatic hydroxyl groups is 1. The number of phenolic OH excluding ortho intramolecular Hbond substituents is 1. The Balaban J connectivity index is 2.00. The van der Waals surface area contributed by atoms with Crippen LogP contribution < -0.4 is 5.32 Å². The summed E-state index contributed by atoms with van der Waals surface area (Å²) in [7, 11) is 0. The van der Waals surface area contributed by atoms with Crippen LogP contribution in [0.2, 0.25) is 0 Å². The first-order valence-corrected chi connectivity index (χ1v) is 4.77. The van der Waals surface area contributed by atoms with E-state index >= 15 is 0 Å². The number of hydrogen-bond acceptors (Lipinski definition) is 4. The number of phenols is 1. The third-order valence-corrected chi connectivity index (χ3v) is 2.01. The van der Waals surface area contributed by atoms with Gasteiger partial charge in [0, 0.05) is 18.0 Å². The van der Waals surface area contributed by atoms with E-state index in [0.717, 1.165) is 6.07 Å². The van der Waals surface area contributed by atoms with Crippen LogP contribution >= 0.6 is 0 Å². The number of carbonyl (C=O) groups is 1. The van der Waals surface area contributed by atoms with E-state index in [0.29, 0.717) is 0 Å². The number of anilines is 1. The van der Waals surface area contributed by atoms with E-state index in [1.807, 2.05) is 0 Å². The van der Waals surface area contributed by atoms with Gasteiger partial charge in [0.2, 0.25) is 5.91 Å². The fraction of sp³-hybridized carbons (Fsp3) is 0.100. The largest absolute Gasteiger partial charge is 0.505 e. The summed E-state index contributed by atoms with van der Waals surface area (Å²) in [6.45, 7) is -0.0114. The van der Waals surface area contributed by atoms with Gasteiger partial charge >= 0.3 is 0 Å². The van der Waals surface area contributed by atoms with Gasteiger partial charge in [0.1, 0.15) is 6.54 Å². The zero-order valence-corrected chi connectivity index (χ0v) is 8.67. The predicted octanol–water partition coefficient (Wildman–Crippen LogP) is 0.761. The zero-order valence-electron chi connectivity index (χ0n) is 8.67. The molecule has 88 valence electrons. The molecule has 1 aromatic heterocycles. The highest BCUT2D eigenvalue weighted by atomic mass is 19.1. The maximum atomic E-state index is 13.0. The van der Waals surface area contributed by atoms with E-state index in [4.69, 9.17) is 5.11 Å². The maximum Gasteiger partial charge on any atom is 0.246 e. The van der Waals surface area contributed by atoms with Crippen molar-refractivity contribution in [1.82, 2.24) is 15.0 Å². The van der Waals surface area contributed by atoms with Crippen molar-refractivity contribution in [3.63, 3.8) is 0 Å². The molecule has 0 aliphatic heterocycles. The van der Waals surface area contributed by atoms with Crippen LogP contribution in [0.25, 0.3) is 0 Å². The zero-order chi connectivity index (χ0) is 12.3. The number of nitrogens with one attached hydrogen (secondary N) is 1. The molecule has 7 heteroatoms. The highest BCUT2D eigenvalue weighted by molar-refractivity contribution is 5.90.